The highest BCUT2D eigenvalue weighted by Crippen LogP contribution is 2.45. The van der Waals surface area contributed by atoms with Gasteiger partial charge >= 0.3 is 0 Å². The number of aliphatic hydroxyl groups is 1. The lowest BCUT2D eigenvalue weighted by molar-refractivity contribution is 0.00116. The fourth-order valence-electron chi connectivity index (χ4n) is 1.55. The molecule has 1 aromatic rings. The van der Waals surface area contributed by atoms with Crippen LogP contribution >= 0.6 is 0 Å². The van der Waals surface area contributed by atoms with Crippen molar-refractivity contribution in [1.29, 1.82) is 0 Å². The maximum atomic E-state index is 10.1. The quantitative estimate of drug-likeness (QED) is 0.701. The topological polar surface area (TPSA) is 59.4 Å². The molecule has 1 aliphatic rings. The van der Waals surface area contributed by atoms with Gasteiger partial charge in [0, 0.05) is 6.54 Å². The van der Waals surface area contributed by atoms with Crippen molar-refractivity contribution in [2.24, 2.45) is 11.7 Å². The third kappa shape index (κ3) is 1.06. The summed E-state index contributed by atoms with van der Waals surface area (Å²) >= 11 is 0. The molecule has 12 heavy (non-hydrogen) atoms. The van der Waals surface area contributed by atoms with Crippen LogP contribution < -0.4 is 5.73 Å². The van der Waals surface area contributed by atoms with E-state index in [1.807, 2.05) is 0 Å². The number of hydrogen-bond donors (Lipinski definition) is 2. The van der Waals surface area contributed by atoms with E-state index < -0.39 is 5.60 Å². The van der Waals surface area contributed by atoms with Gasteiger partial charge in [-0.1, -0.05) is 0 Å². The van der Waals surface area contributed by atoms with E-state index in [-0.39, 0.29) is 6.54 Å². The zero-order chi connectivity index (χ0) is 8.60. The Morgan fingerprint density at radius 3 is 2.83 bits per heavy atom. The number of hydrogen-bond acceptors (Lipinski definition) is 3. The first-order valence-electron chi connectivity index (χ1n) is 4.24. The van der Waals surface area contributed by atoms with E-state index in [1.165, 1.54) is 0 Å². The van der Waals surface area contributed by atoms with Gasteiger partial charge in [0.05, 0.1) is 6.26 Å². The lowest BCUT2D eigenvalue weighted by Crippen LogP contribution is -2.36. The van der Waals surface area contributed by atoms with Gasteiger partial charge in [0.1, 0.15) is 11.4 Å². The highest BCUT2D eigenvalue weighted by Gasteiger charge is 2.46. The molecular formula is C9H13NO2. The van der Waals surface area contributed by atoms with E-state index in [2.05, 4.69) is 0 Å². The van der Waals surface area contributed by atoms with Crippen LogP contribution in [0.25, 0.3) is 0 Å². The summed E-state index contributed by atoms with van der Waals surface area (Å²) in [5.41, 5.74) is 4.62. The first-order chi connectivity index (χ1) is 5.77. The predicted molar refractivity (Wildman–Crippen MR) is 44.4 cm³/mol. The standard InChI is InChI=1S/C9H13NO2/c10-6-9(11,7-3-4-7)8-2-1-5-12-8/h1-2,5,7,11H,3-4,6,10H2/t9-/m1/s1. The normalized spacial score (nSPS) is 22.2. The van der Waals surface area contributed by atoms with Gasteiger partial charge in [-0.2, -0.15) is 0 Å². The molecule has 0 saturated heterocycles. The molecule has 1 heterocycles. The second-order valence-electron chi connectivity index (χ2n) is 3.38. The Hall–Kier alpha value is -0.800. The Balaban J connectivity index is 2.27. The maximum absolute atomic E-state index is 10.1. The van der Waals surface area contributed by atoms with Crippen molar-refractivity contribution >= 4 is 0 Å². The monoisotopic (exact) mass is 167 g/mol. The van der Waals surface area contributed by atoms with Gasteiger partial charge in [-0.05, 0) is 30.9 Å². The highest BCUT2D eigenvalue weighted by atomic mass is 16.4. The average Bonchev–Trinajstić information content (AvgIpc) is 2.80. The summed E-state index contributed by atoms with van der Waals surface area (Å²) < 4.78 is 5.16. The molecule has 0 amide bonds. The third-order valence-corrected chi connectivity index (χ3v) is 2.51. The number of rotatable bonds is 3. The van der Waals surface area contributed by atoms with Crippen LogP contribution in [0.15, 0.2) is 22.8 Å². The van der Waals surface area contributed by atoms with Crippen molar-refractivity contribution in [3.05, 3.63) is 24.2 Å². The van der Waals surface area contributed by atoms with Gasteiger partial charge in [-0.25, -0.2) is 0 Å². The van der Waals surface area contributed by atoms with Crippen LogP contribution in [0.4, 0.5) is 0 Å². The largest absolute Gasteiger partial charge is 0.466 e. The van der Waals surface area contributed by atoms with E-state index >= 15 is 0 Å². The molecule has 2 rings (SSSR count). The molecule has 1 fully saturated rings. The van der Waals surface area contributed by atoms with Gasteiger partial charge in [-0.3, -0.25) is 0 Å². The molecule has 1 atom stereocenters. The molecule has 3 N–H and O–H groups in total. The summed E-state index contributed by atoms with van der Waals surface area (Å²) in [6, 6.07) is 3.56. The Morgan fingerprint density at radius 1 is 1.67 bits per heavy atom. The van der Waals surface area contributed by atoms with E-state index in [1.54, 1.807) is 18.4 Å². The SMILES string of the molecule is NC[C@](O)(c1ccco1)C1CC1. The van der Waals surface area contributed by atoms with Crippen molar-refractivity contribution in [3.8, 4) is 0 Å². The average molecular weight is 167 g/mol. The number of nitrogens with two attached hydrogens (primary N) is 1. The minimum atomic E-state index is -0.913. The molecule has 3 heteroatoms. The van der Waals surface area contributed by atoms with Crippen molar-refractivity contribution in [3.63, 3.8) is 0 Å². The molecule has 0 unspecified atom stereocenters. The summed E-state index contributed by atoms with van der Waals surface area (Å²) in [5.74, 6) is 0.904. The lowest BCUT2D eigenvalue weighted by Gasteiger charge is -2.23. The van der Waals surface area contributed by atoms with Crippen LogP contribution in [-0.2, 0) is 5.60 Å². The van der Waals surface area contributed by atoms with Crippen LogP contribution in [0.1, 0.15) is 18.6 Å². The van der Waals surface area contributed by atoms with E-state index in [0.29, 0.717) is 11.7 Å². The Bertz CT molecular complexity index is 254. The summed E-state index contributed by atoms with van der Waals surface area (Å²) in [6.45, 7) is 0.241. The molecule has 0 spiro atoms. The molecule has 1 aliphatic carbocycles. The second kappa shape index (κ2) is 2.61. The Labute approximate surface area is 71.2 Å². The highest BCUT2D eigenvalue weighted by molar-refractivity contribution is 5.14. The van der Waals surface area contributed by atoms with Crippen molar-refractivity contribution in [2.75, 3.05) is 6.54 Å². The summed E-state index contributed by atoms with van der Waals surface area (Å²) in [4.78, 5) is 0. The molecule has 0 radical (unpaired) electrons. The molecule has 66 valence electrons. The fourth-order valence-corrected chi connectivity index (χ4v) is 1.55. The molecule has 0 aliphatic heterocycles. The van der Waals surface area contributed by atoms with Crippen LogP contribution in [0, 0.1) is 5.92 Å². The number of furan rings is 1. The van der Waals surface area contributed by atoms with E-state index in [9.17, 15) is 5.11 Å². The molecule has 1 saturated carbocycles. The van der Waals surface area contributed by atoms with Crippen LogP contribution in [0.3, 0.4) is 0 Å². The first-order valence-corrected chi connectivity index (χ1v) is 4.24. The molecular weight excluding hydrogens is 154 g/mol. The summed E-state index contributed by atoms with van der Waals surface area (Å²) in [7, 11) is 0. The van der Waals surface area contributed by atoms with Gasteiger partial charge in [0.25, 0.3) is 0 Å². The maximum Gasteiger partial charge on any atom is 0.137 e. The Kier molecular flexibility index (Phi) is 1.70. The molecule has 0 aromatic carbocycles. The summed E-state index contributed by atoms with van der Waals surface area (Å²) in [6.07, 6.45) is 3.67. The van der Waals surface area contributed by atoms with Crippen molar-refractivity contribution in [2.45, 2.75) is 18.4 Å². The van der Waals surface area contributed by atoms with E-state index in [4.69, 9.17) is 10.2 Å². The van der Waals surface area contributed by atoms with Crippen LogP contribution in [0.5, 0.6) is 0 Å². The fraction of sp³-hybridized carbons (Fsp3) is 0.556. The van der Waals surface area contributed by atoms with Gasteiger partial charge in [-0.15, -0.1) is 0 Å². The minimum absolute atomic E-state index is 0.241. The second-order valence-corrected chi connectivity index (χ2v) is 3.38. The van der Waals surface area contributed by atoms with Crippen LogP contribution in [0.2, 0.25) is 0 Å². The molecule has 0 bridgehead atoms. The minimum Gasteiger partial charge on any atom is -0.466 e. The zero-order valence-electron chi connectivity index (χ0n) is 6.86. The van der Waals surface area contributed by atoms with E-state index in [0.717, 1.165) is 12.8 Å². The van der Waals surface area contributed by atoms with Crippen LogP contribution in [-0.4, -0.2) is 11.7 Å². The molecule has 3 nitrogen and oxygen atoms in total. The molecule has 1 aromatic heterocycles. The van der Waals surface area contributed by atoms with Gasteiger partial charge < -0.3 is 15.3 Å². The summed E-state index contributed by atoms with van der Waals surface area (Å²) in [5, 5.41) is 10.1. The zero-order valence-corrected chi connectivity index (χ0v) is 6.86. The van der Waals surface area contributed by atoms with Crippen molar-refractivity contribution < 1.29 is 9.52 Å². The van der Waals surface area contributed by atoms with Gasteiger partial charge in [0.15, 0.2) is 0 Å². The smallest absolute Gasteiger partial charge is 0.137 e. The lowest BCUT2D eigenvalue weighted by atomic mass is 9.95. The van der Waals surface area contributed by atoms with Crippen molar-refractivity contribution in [1.82, 2.24) is 0 Å². The van der Waals surface area contributed by atoms with Gasteiger partial charge in [0.2, 0.25) is 0 Å². The first kappa shape index (κ1) is 7.83. The Morgan fingerprint density at radius 2 is 2.42 bits per heavy atom. The third-order valence-electron chi connectivity index (χ3n) is 2.51. The predicted octanol–water partition coefficient (Wildman–Crippen LogP) is 0.836.